The molecule has 0 spiro atoms. The van der Waals surface area contributed by atoms with Crippen molar-refractivity contribution in [3.63, 3.8) is 0 Å². The lowest BCUT2D eigenvalue weighted by Gasteiger charge is -2.06. The van der Waals surface area contributed by atoms with Crippen molar-refractivity contribution in [2.24, 2.45) is 0 Å². The van der Waals surface area contributed by atoms with Crippen LogP contribution in [0.2, 0.25) is 0 Å². The Hall–Kier alpha value is -2.48. The molecule has 0 aliphatic carbocycles. The summed E-state index contributed by atoms with van der Waals surface area (Å²) in [6.45, 7) is 0. The number of aromatic nitrogens is 2. The van der Waals surface area contributed by atoms with E-state index in [0.29, 0.717) is 0 Å². The Morgan fingerprint density at radius 1 is 0.577 bits per heavy atom. The predicted octanol–water partition coefficient (Wildman–Crippen LogP) is 6.27. The molecule has 0 amide bonds. The van der Waals surface area contributed by atoms with Gasteiger partial charge >= 0.3 is 0 Å². The van der Waals surface area contributed by atoms with Gasteiger partial charge < -0.3 is 0 Å². The lowest BCUT2D eigenvalue weighted by Crippen LogP contribution is -1.89. The van der Waals surface area contributed by atoms with Gasteiger partial charge in [-0.1, -0.05) is 49.9 Å². The lowest BCUT2D eigenvalue weighted by atomic mass is 10.0. The highest BCUT2D eigenvalue weighted by atomic mass is 14.7. The van der Waals surface area contributed by atoms with Gasteiger partial charge in [0.05, 0.1) is 5.69 Å². The van der Waals surface area contributed by atoms with E-state index < -0.39 is 0 Å². The molecule has 0 fully saturated rings. The first kappa shape index (κ1) is 18.3. The topological polar surface area (TPSA) is 25.8 Å². The second-order valence-corrected chi connectivity index (χ2v) is 6.89. The average Bonchev–Trinajstić information content (AvgIpc) is 2.72. The summed E-state index contributed by atoms with van der Waals surface area (Å²) in [5, 5.41) is 0. The van der Waals surface area contributed by atoms with Gasteiger partial charge in [0.1, 0.15) is 0 Å². The average molecular weight is 345 g/mol. The number of unbranched alkanes of at least 4 members (excludes halogenated alkanes) is 5. The Morgan fingerprint density at radius 3 is 2.04 bits per heavy atom. The third kappa shape index (κ3) is 6.11. The number of rotatable bonds is 10. The first-order valence-corrected chi connectivity index (χ1v) is 9.81. The Bertz CT molecular complexity index is 753. The fourth-order valence-corrected chi connectivity index (χ4v) is 3.33. The van der Waals surface area contributed by atoms with Crippen molar-refractivity contribution in [1.82, 2.24) is 9.97 Å². The molecule has 0 saturated heterocycles. The van der Waals surface area contributed by atoms with E-state index in [1.165, 1.54) is 61.6 Å². The minimum absolute atomic E-state index is 1.06. The molecule has 2 aromatic heterocycles. The summed E-state index contributed by atoms with van der Waals surface area (Å²) < 4.78 is 0. The largest absolute Gasteiger partial charge is 0.265 e. The summed E-state index contributed by atoms with van der Waals surface area (Å²) in [6, 6.07) is 19.2. The van der Waals surface area contributed by atoms with Crippen LogP contribution >= 0.6 is 0 Å². The molecule has 26 heavy (non-hydrogen) atoms. The zero-order valence-electron chi connectivity index (χ0n) is 15.5. The Morgan fingerprint density at radius 2 is 1.31 bits per heavy atom. The van der Waals surface area contributed by atoms with Crippen molar-refractivity contribution < 1.29 is 0 Å². The van der Waals surface area contributed by atoms with Gasteiger partial charge in [-0.05, 0) is 67.1 Å². The highest BCUT2D eigenvalue weighted by molar-refractivity contribution is 5.59. The molecule has 3 aromatic rings. The number of nitrogens with zero attached hydrogens (tertiary/aromatic N) is 2. The van der Waals surface area contributed by atoms with Crippen molar-refractivity contribution in [2.75, 3.05) is 0 Å². The van der Waals surface area contributed by atoms with Crippen LogP contribution in [0, 0.1) is 0 Å². The van der Waals surface area contributed by atoms with Gasteiger partial charge in [0.15, 0.2) is 0 Å². The van der Waals surface area contributed by atoms with Crippen molar-refractivity contribution in [3.05, 3.63) is 84.3 Å². The van der Waals surface area contributed by atoms with Crippen molar-refractivity contribution in [1.29, 1.82) is 0 Å². The normalized spacial score (nSPS) is 10.8. The van der Waals surface area contributed by atoms with E-state index in [1.54, 1.807) is 0 Å². The van der Waals surface area contributed by atoms with Crippen LogP contribution in [0.3, 0.4) is 0 Å². The molecular weight excluding hydrogens is 316 g/mol. The minimum atomic E-state index is 1.06. The van der Waals surface area contributed by atoms with Crippen LogP contribution < -0.4 is 0 Å². The van der Waals surface area contributed by atoms with Gasteiger partial charge in [-0.3, -0.25) is 9.97 Å². The number of benzene rings is 1. The van der Waals surface area contributed by atoms with Gasteiger partial charge in [0, 0.05) is 24.2 Å². The zero-order chi connectivity index (χ0) is 17.9. The molecule has 1 aromatic carbocycles. The van der Waals surface area contributed by atoms with Crippen LogP contribution in [-0.2, 0) is 12.8 Å². The second kappa shape index (κ2) is 10.5. The third-order valence-corrected chi connectivity index (χ3v) is 4.82. The standard InChI is InChI=1S/C24H28N2/c1(3-5-10-21-15-18-25-19-16-21)2-4-6-11-22-12-9-13-23(20-22)24-14-7-8-17-26-24/h7-9,12-20H,1-6,10-11H2. The van der Waals surface area contributed by atoms with Gasteiger partial charge in [0.2, 0.25) is 0 Å². The third-order valence-electron chi connectivity index (χ3n) is 4.82. The highest BCUT2D eigenvalue weighted by Crippen LogP contribution is 2.19. The molecule has 0 aliphatic rings. The van der Waals surface area contributed by atoms with E-state index in [2.05, 4.69) is 52.4 Å². The van der Waals surface area contributed by atoms with Gasteiger partial charge in [0.25, 0.3) is 0 Å². The summed E-state index contributed by atoms with van der Waals surface area (Å²) >= 11 is 0. The quantitative estimate of drug-likeness (QED) is 0.405. The molecule has 0 N–H and O–H groups in total. The monoisotopic (exact) mass is 344 g/mol. The van der Waals surface area contributed by atoms with Crippen molar-refractivity contribution >= 4 is 0 Å². The summed E-state index contributed by atoms with van der Waals surface area (Å²) in [4.78, 5) is 8.51. The fraction of sp³-hybridized carbons (Fsp3) is 0.333. The SMILES string of the molecule is c1ccc(-c2cccc(CCCCCCCCc3ccncc3)c2)nc1. The summed E-state index contributed by atoms with van der Waals surface area (Å²) in [5.74, 6) is 0. The molecule has 0 radical (unpaired) electrons. The number of hydrogen-bond donors (Lipinski definition) is 0. The van der Waals surface area contributed by atoms with Crippen LogP contribution in [0.25, 0.3) is 11.3 Å². The van der Waals surface area contributed by atoms with E-state index in [4.69, 9.17) is 0 Å². The Balaban J connectivity index is 1.30. The summed E-state index contributed by atoms with van der Waals surface area (Å²) in [7, 11) is 0. The van der Waals surface area contributed by atoms with E-state index in [1.807, 2.05) is 30.7 Å². The van der Waals surface area contributed by atoms with Gasteiger partial charge in [-0.25, -0.2) is 0 Å². The van der Waals surface area contributed by atoms with Crippen LogP contribution in [0.15, 0.2) is 73.2 Å². The molecule has 2 heteroatoms. The van der Waals surface area contributed by atoms with Gasteiger partial charge in [-0.2, -0.15) is 0 Å². The van der Waals surface area contributed by atoms with E-state index in [-0.39, 0.29) is 0 Å². The molecule has 0 saturated carbocycles. The van der Waals surface area contributed by atoms with E-state index in [9.17, 15) is 0 Å². The highest BCUT2D eigenvalue weighted by Gasteiger charge is 2.00. The summed E-state index contributed by atoms with van der Waals surface area (Å²) in [5.41, 5.74) is 5.11. The molecule has 2 nitrogen and oxygen atoms in total. The van der Waals surface area contributed by atoms with Crippen LogP contribution in [0.1, 0.15) is 49.7 Å². The molecule has 2 heterocycles. The Labute approximate surface area is 157 Å². The van der Waals surface area contributed by atoms with Gasteiger partial charge in [-0.15, -0.1) is 0 Å². The zero-order valence-corrected chi connectivity index (χ0v) is 15.5. The predicted molar refractivity (Wildman–Crippen MR) is 109 cm³/mol. The van der Waals surface area contributed by atoms with Crippen molar-refractivity contribution in [2.45, 2.75) is 51.4 Å². The molecule has 3 rings (SSSR count). The fourth-order valence-electron chi connectivity index (χ4n) is 3.33. The number of aryl methyl sites for hydroxylation is 2. The maximum Gasteiger partial charge on any atom is 0.0702 e. The maximum atomic E-state index is 4.45. The lowest BCUT2D eigenvalue weighted by molar-refractivity contribution is 0.594. The van der Waals surface area contributed by atoms with E-state index in [0.717, 1.165) is 12.1 Å². The minimum Gasteiger partial charge on any atom is -0.265 e. The number of pyridine rings is 2. The number of hydrogen-bond acceptors (Lipinski definition) is 2. The molecule has 134 valence electrons. The first-order chi connectivity index (χ1) is 12.9. The second-order valence-electron chi connectivity index (χ2n) is 6.89. The van der Waals surface area contributed by atoms with Crippen LogP contribution in [0.4, 0.5) is 0 Å². The maximum absolute atomic E-state index is 4.45. The Kier molecular flexibility index (Phi) is 7.39. The van der Waals surface area contributed by atoms with Crippen molar-refractivity contribution in [3.8, 4) is 11.3 Å². The summed E-state index contributed by atoms with van der Waals surface area (Å²) in [6.07, 6.45) is 15.9. The molecule has 0 aliphatic heterocycles. The molecule has 0 bridgehead atoms. The molecular formula is C24H28N2. The van der Waals surface area contributed by atoms with E-state index >= 15 is 0 Å². The van der Waals surface area contributed by atoms with Crippen LogP contribution in [-0.4, -0.2) is 9.97 Å². The molecule has 0 unspecified atom stereocenters. The van der Waals surface area contributed by atoms with Crippen LogP contribution in [0.5, 0.6) is 0 Å². The smallest absolute Gasteiger partial charge is 0.0702 e. The first-order valence-electron chi connectivity index (χ1n) is 9.81. The molecule has 0 atom stereocenters.